The molecule has 2 atom stereocenters. The highest BCUT2D eigenvalue weighted by Crippen LogP contribution is 2.24. The zero-order valence-electron chi connectivity index (χ0n) is 6.82. The number of aldehydes is 1. The number of carbonyl (C=O) groups excluding carboxylic acids is 1. The smallest absolute Gasteiger partial charge is 0.151 e. The molecule has 0 aromatic rings. The van der Waals surface area contributed by atoms with E-state index in [0.29, 0.717) is 0 Å². The van der Waals surface area contributed by atoms with Gasteiger partial charge in [0.25, 0.3) is 0 Å². The summed E-state index contributed by atoms with van der Waals surface area (Å²) >= 11 is 0. The molecule has 1 rings (SSSR count). The molecule has 0 N–H and O–H groups in total. The van der Waals surface area contributed by atoms with Crippen LogP contribution in [0.2, 0.25) is 0 Å². The summed E-state index contributed by atoms with van der Waals surface area (Å²) in [6, 6.07) is 0. The second kappa shape index (κ2) is 4.29. The van der Waals surface area contributed by atoms with E-state index < -0.39 is 0 Å². The van der Waals surface area contributed by atoms with Crippen molar-refractivity contribution in [1.82, 2.24) is 0 Å². The van der Waals surface area contributed by atoms with Gasteiger partial charge in [0, 0.05) is 0 Å². The zero-order valence-corrected chi connectivity index (χ0v) is 6.82. The summed E-state index contributed by atoms with van der Waals surface area (Å²) in [6.45, 7) is 2.11. The maximum atomic E-state index is 10.1. The molecule has 62 valence electrons. The molecule has 2 heteroatoms. The number of rotatable bonds is 5. The van der Waals surface area contributed by atoms with Crippen LogP contribution in [0.4, 0.5) is 0 Å². The molecule has 0 amide bonds. The van der Waals surface area contributed by atoms with E-state index in [1.165, 1.54) is 0 Å². The lowest BCUT2D eigenvalue weighted by atomic mass is 10.2. The van der Waals surface area contributed by atoms with Gasteiger partial charge in [0.05, 0.1) is 6.10 Å². The SMILES string of the molecule is CC/C=C\CC[C@H]1O[C@@H]1C=O. The van der Waals surface area contributed by atoms with Crippen LogP contribution in [0.25, 0.3) is 0 Å². The Morgan fingerprint density at radius 3 is 2.82 bits per heavy atom. The number of hydrogen-bond acceptors (Lipinski definition) is 2. The molecule has 11 heavy (non-hydrogen) atoms. The van der Waals surface area contributed by atoms with Crippen molar-refractivity contribution in [2.24, 2.45) is 0 Å². The predicted molar refractivity (Wildman–Crippen MR) is 43.4 cm³/mol. The van der Waals surface area contributed by atoms with Crippen LogP contribution in [0.3, 0.4) is 0 Å². The van der Waals surface area contributed by atoms with Crippen molar-refractivity contribution in [3.8, 4) is 0 Å². The van der Waals surface area contributed by atoms with Crippen LogP contribution in [-0.2, 0) is 9.53 Å². The van der Waals surface area contributed by atoms with Crippen LogP contribution >= 0.6 is 0 Å². The van der Waals surface area contributed by atoms with Crippen LogP contribution in [0.15, 0.2) is 12.2 Å². The van der Waals surface area contributed by atoms with Crippen molar-refractivity contribution >= 4 is 6.29 Å². The molecule has 0 radical (unpaired) electrons. The van der Waals surface area contributed by atoms with E-state index in [2.05, 4.69) is 19.1 Å². The van der Waals surface area contributed by atoms with Crippen LogP contribution in [0, 0.1) is 0 Å². The number of allylic oxidation sites excluding steroid dienone is 2. The van der Waals surface area contributed by atoms with Crippen LogP contribution < -0.4 is 0 Å². The monoisotopic (exact) mass is 154 g/mol. The average molecular weight is 154 g/mol. The van der Waals surface area contributed by atoms with Gasteiger partial charge in [-0.15, -0.1) is 0 Å². The minimum Gasteiger partial charge on any atom is -0.362 e. The Hall–Kier alpha value is -0.630. The summed E-state index contributed by atoms with van der Waals surface area (Å²) < 4.78 is 5.04. The molecule has 1 saturated heterocycles. The molecule has 0 aliphatic carbocycles. The highest BCUT2D eigenvalue weighted by atomic mass is 16.6. The number of ether oxygens (including phenoxy) is 1. The second-order valence-corrected chi connectivity index (χ2v) is 2.73. The maximum Gasteiger partial charge on any atom is 0.151 e. The van der Waals surface area contributed by atoms with E-state index in [1.54, 1.807) is 0 Å². The largest absolute Gasteiger partial charge is 0.362 e. The molecular formula is C9H14O2. The molecule has 1 heterocycles. The zero-order chi connectivity index (χ0) is 8.10. The molecule has 0 aromatic heterocycles. The van der Waals surface area contributed by atoms with E-state index >= 15 is 0 Å². The Labute approximate surface area is 67.2 Å². The van der Waals surface area contributed by atoms with Gasteiger partial charge in [0.15, 0.2) is 6.29 Å². The van der Waals surface area contributed by atoms with Gasteiger partial charge in [-0.1, -0.05) is 19.1 Å². The Kier molecular flexibility index (Phi) is 3.30. The normalized spacial score (nSPS) is 29.2. The summed E-state index contributed by atoms with van der Waals surface area (Å²) in [7, 11) is 0. The van der Waals surface area contributed by atoms with Crippen molar-refractivity contribution in [2.75, 3.05) is 0 Å². The van der Waals surface area contributed by atoms with Crippen LogP contribution in [0.5, 0.6) is 0 Å². The topological polar surface area (TPSA) is 29.6 Å². The summed E-state index contributed by atoms with van der Waals surface area (Å²) in [5.74, 6) is 0. The molecular weight excluding hydrogens is 140 g/mol. The number of hydrogen-bond donors (Lipinski definition) is 0. The first-order valence-electron chi connectivity index (χ1n) is 4.14. The van der Waals surface area contributed by atoms with Gasteiger partial charge in [-0.05, 0) is 19.3 Å². The van der Waals surface area contributed by atoms with Crippen molar-refractivity contribution in [3.63, 3.8) is 0 Å². The first-order valence-corrected chi connectivity index (χ1v) is 4.14. The fraction of sp³-hybridized carbons (Fsp3) is 0.667. The lowest BCUT2D eigenvalue weighted by molar-refractivity contribution is -0.108. The Morgan fingerprint density at radius 2 is 2.27 bits per heavy atom. The molecule has 0 aromatic carbocycles. The van der Waals surface area contributed by atoms with E-state index in [0.717, 1.165) is 25.5 Å². The highest BCUT2D eigenvalue weighted by molar-refractivity contribution is 5.60. The van der Waals surface area contributed by atoms with E-state index in [1.807, 2.05) is 0 Å². The molecule has 1 aliphatic rings. The summed E-state index contributed by atoms with van der Waals surface area (Å²) in [5.41, 5.74) is 0. The third-order valence-electron chi connectivity index (χ3n) is 1.78. The first kappa shape index (κ1) is 8.47. The van der Waals surface area contributed by atoms with Crippen molar-refractivity contribution in [2.45, 2.75) is 38.4 Å². The second-order valence-electron chi connectivity index (χ2n) is 2.73. The van der Waals surface area contributed by atoms with E-state index in [9.17, 15) is 4.79 Å². The van der Waals surface area contributed by atoms with Crippen LogP contribution in [0.1, 0.15) is 26.2 Å². The molecule has 1 aliphatic heterocycles. The van der Waals surface area contributed by atoms with Crippen molar-refractivity contribution in [3.05, 3.63) is 12.2 Å². The lowest BCUT2D eigenvalue weighted by Gasteiger charge is -1.86. The Morgan fingerprint density at radius 1 is 1.45 bits per heavy atom. The van der Waals surface area contributed by atoms with Gasteiger partial charge in [0.1, 0.15) is 6.10 Å². The highest BCUT2D eigenvalue weighted by Gasteiger charge is 2.37. The minimum absolute atomic E-state index is 0.0926. The fourth-order valence-corrected chi connectivity index (χ4v) is 1.05. The van der Waals surface area contributed by atoms with Gasteiger partial charge in [-0.2, -0.15) is 0 Å². The standard InChI is InChI=1S/C9H14O2/c1-2-3-4-5-6-8-9(7-10)11-8/h3-4,7-9H,2,5-6H2,1H3/b4-3-/t8-,9-/m1/s1. The average Bonchev–Trinajstić information content (AvgIpc) is 2.77. The molecule has 0 spiro atoms. The quantitative estimate of drug-likeness (QED) is 0.342. The van der Waals surface area contributed by atoms with Crippen molar-refractivity contribution < 1.29 is 9.53 Å². The van der Waals surface area contributed by atoms with Gasteiger partial charge >= 0.3 is 0 Å². The Bertz CT molecular complexity index is 152. The fourth-order valence-electron chi connectivity index (χ4n) is 1.05. The van der Waals surface area contributed by atoms with Crippen molar-refractivity contribution in [1.29, 1.82) is 0 Å². The van der Waals surface area contributed by atoms with E-state index in [-0.39, 0.29) is 12.2 Å². The van der Waals surface area contributed by atoms with Gasteiger partial charge < -0.3 is 9.53 Å². The summed E-state index contributed by atoms with van der Waals surface area (Å²) in [6.07, 6.45) is 8.39. The first-order chi connectivity index (χ1) is 5.38. The summed E-state index contributed by atoms with van der Waals surface area (Å²) in [4.78, 5) is 10.1. The van der Waals surface area contributed by atoms with Gasteiger partial charge in [0.2, 0.25) is 0 Å². The molecule has 2 nitrogen and oxygen atoms in total. The number of carbonyl (C=O) groups is 1. The molecule has 0 saturated carbocycles. The van der Waals surface area contributed by atoms with E-state index in [4.69, 9.17) is 4.74 Å². The predicted octanol–water partition coefficient (Wildman–Crippen LogP) is 1.70. The maximum absolute atomic E-state index is 10.1. The molecule has 1 fully saturated rings. The third kappa shape index (κ3) is 2.85. The molecule has 0 bridgehead atoms. The third-order valence-corrected chi connectivity index (χ3v) is 1.78. The lowest BCUT2D eigenvalue weighted by Crippen LogP contribution is -1.93. The number of epoxide rings is 1. The van der Waals surface area contributed by atoms with Gasteiger partial charge in [-0.25, -0.2) is 0 Å². The molecule has 0 unspecified atom stereocenters. The summed E-state index contributed by atoms with van der Waals surface area (Å²) in [5, 5.41) is 0. The van der Waals surface area contributed by atoms with Crippen LogP contribution in [-0.4, -0.2) is 18.5 Å². The minimum atomic E-state index is -0.0926. The Balaban J connectivity index is 1.97. The van der Waals surface area contributed by atoms with Gasteiger partial charge in [-0.3, -0.25) is 0 Å².